The van der Waals surface area contributed by atoms with Gasteiger partial charge < -0.3 is 0 Å². The molecule has 6 heteroatoms. The zero-order valence-electron chi connectivity index (χ0n) is 10.1. The first-order valence-corrected chi connectivity index (χ1v) is 6.12. The second-order valence-electron chi connectivity index (χ2n) is 5.37. The van der Waals surface area contributed by atoms with Crippen molar-refractivity contribution in [2.24, 2.45) is 17.3 Å². The van der Waals surface area contributed by atoms with Crippen LogP contribution < -0.4 is 0 Å². The Morgan fingerprint density at radius 1 is 1.22 bits per heavy atom. The lowest BCUT2D eigenvalue weighted by atomic mass is 10.1. The Hall–Kier alpha value is -1.49. The molecule has 5 nitrogen and oxygen atoms in total. The van der Waals surface area contributed by atoms with Gasteiger partial charge in [0.25, 0.3) is 0 Å². The topological polar surface area (TPSA) is 63.2 Å². The lowest BCUT2D eigenvalue weighted by Gasteiger charge is -2.19. The van der Waals surface area contributed by atoms with Crippen LogP contribution in [0.15, 0.2) is 12.4 Å². The predicted octanol–water partition coefficient (Wildman–Crippen LogP) is 1.27. The molecule has 2 amide bonds. The van der Waals surface area contributed by atoms with E-state index >= 15 is 0 Å². The molecular formula is C12H12ClN3O2. The average molecular weight is 266 g/mol. The third-order valence-electron chi connectivity index (χ3n) is 3.89. The second kappa shape index (κ2) is 3.51. The highest BCUT2D eigenvalue weighted by molar-refractivity contribution is 6.29. The number of fused-ring (bicyclic) bond motifs is 1. The van der Waals surface area contributed by atoms with Crippen LogP contribution in [0.5, 0.6) is 0 Å². The summed E-state index contributed by atoms with van der Waals surface area (Å²) in [6.07, 6.45) is 2.89. The number of carbonyl (C=O) groups excluding carboxylic acids is 2. The van der Waals surface area contributed by atoms with Gasteiger partial charge in [-0.05, 0) is 5.41 Å². The fraction of sp³-hybridized carbons (Fsp3) is 0.500. The van der Waals surface area contributed by atoms with Crippen molar-refractivity contribution in [2.45, 2.75) is 20.4 Å². The van der Waals surface area contributed by atoms with Gasteiger partial charge in [-0.2, -0.15) is 0 Å². The van der Waals surface area contributed by atoms with Crippen LogP contribution in [-0.4, -0.2) is 26.7 Å². The molecule has 0 bridgehead atoms. The summed E-state index contributed by atoms with van der Waals surface area (Å²) in [5.41, 5.74) is 0.399. The van der Waals surface area contributed by atoms with E-state index in [1.165, 1.54) is 17.3 Å². The quantitative estimate of drug-likeness (QED) is 0.756. The van der Waals surface area contributed by atoms with Crippen LogP contribution in [0.25, 0.3) is 0 Å². The van der Waals surface area contributed by atoms with Crippen molar-refractivity contribution in [2.75, 3.05) is 0 Å². The highest BCUT2D eigenvalue weighted by Gasteiger charge is 2.72. The van der Waals surface area contributed by atoms with Gasteiger partial charge in [-0.1, -0.05) is 25.4 Å². The average Bonchev–Trinajstić information content (AvgIpc) is 2.79. The van der Waals surface area contributed by atoms with Crippen LogP contribution in [0.4, 0.5) is 0 Å². The van der Waals surface area contributed by atoms with Gasteiger partial charge in [0.1, 0.15) is 5.15 Å². The summed E-state index contributed by atoms with van der Waals surface area (Å²) in [6.45, 7) is 4.10. The van der Waals surface area contributed by atoms with Crippen LogP contribution in [-0.2, 0) is 16.1 Å². The molecule has 1 aliphatic carbocycles. The van der Waals surface area contributed by atoms with Gasteiger partial charge in [-0.15, -0.1) is 0 Å². The van der Waals surface area contributed by atoms with Crippen molar-refractivity contribution in [3.05, 3.63) is 23.2 Å². The Morgan fingerprint density at radius 2 is 1.83 bits per heavy atom. The molecule has 1 aromatic heterocycles. The first kappa shape index (κ1) is 11.6. The van der Waals surface area contributed by atoms with Gasteiger partial charge in [0.2, 0.25) is 11.8 Å². The van der Waals surface area contributed by atoms with Crippen molar-refractivity contribution in [1.82, 2.24) is 14.9 Å². The highest BCUT2D eigenvalue weighted by Crippen LogP contribution is 2.63. The fourth-order valence-electron chi connectivity index (χ4n) is 2.74. The molecule has 0 N–H and O–H groups in total. The number of carbonyl (C=O) groups is 2. The van der Waals surface area contributed by atoms with E-state index in [-0.39, 0.29) is 35.6 Å². The standard InChI is InChI=1S/C12H12ClN3O2/c1-12(2)8-9(12)11(18)16(10(8)17)5-6-3-15-7(13)4-14-6/h3-4,8-9H,5H2,1-2H3. The summed E-state index contributed by atoms with van der Waals surface area (Å²) in [6, 6.07) is 0. The molecule has 1 aliphatic heterocycles. The SMILES string of the molecule is CC1(C)C2C(=O)N(Cc3cnc(Cl)cn3)C(=O)C21. The molecule has 2 atom stereocenters. The number of nitrogens with zero attached hydrogens (tertiary/aromatic N) is 3. The van der Waals surface area contributed by atoms with E-state index in [0.29, 0.717) is 10.8 Å². The van der Waals surface area contributed by atoms with E-state index in [9.17, 15) is 9.59 Å². The zero-order chi connectivity index (χ0) is 13.1. The molecule has 1 saturated heterocycles. The highest BCUT2D eigenvalue weighted by atomic mass is 35.5. The number of rotatable bonds is 2. The Balaban J connectivity index is 1.78. The molecule has 0 radical (unpaired) electrons. The van der Waals surface area contributed by atoms with E-state index in [2.05, 4.69) is 9.97 Å². The van der Waals surface area contributed by atoms with E-state index < -0.39 is 0 Å². The van der Waals surface area contributed by atoms with Crippen molar-refractivity contribution in [3.63, 3.8) is 0 Å². The molecule has 2 heterocycles. The molecule has 18 heavy (non-hydrogen) atoms. The van der Waals surface area contributed by atoms with E-state index in [0.717, 1.165) is 0 Å². The van der Waals surface area contributed by atoms with Gasteiger partial charge >= 0.3 is 0 Å². The summed E-state index contributed by atoms with van der Waals surface area (Å²) < 4.78 is 0. The fourth-order valence-corrected chi connectivity index (χ4v) is 2.84. The zero-order valence-corrected chi connectivity index (χ0v) is 10.8. The first-order chi connectivity index (χ1) is 8.43. The smallest absolute Gasteiger partial charge is 0.234 e. The molecule has 2 aliphatic rings. The van der Waals surface area contributed by atoms with Crippen LogP contribution >= 0.6 is 11.6 Å². The van der Waals surface area contributed by atoms with Crippen molar-refractivity contribution >= 4 is 23.4 Å². The minimum absolute atomic E-state index is 0.0910. The molecule has 2 fully saturated rings. The predicted molar refractivity (Wildman–Crippen MR) is 63.4 cm³/mol. The second-order valence-corrected chi connectivity index (χ2v) is 5.76. The van der Waals surface area contributed by atoms with Crippen LogP contribution in [0, 0.1) is 17.3 Å². The molecule has 94 valence electrons. The van der Waals surface area contributed by atoms with Gasteiger partial charge in [0.05, 0.1) is 36.5 Å². The van der Waals surface area contributed by atoms with Crippen LogP contribution in [0.2, 0.25) is 5.15 Å². The Bertz CT molecular complexity index is 517. The molecule has 1 aromatic rings. The number of amides is 2. The van der Waals surface area contributed by atoms with Gasteiger partial charge in [-0.25, -0.2) is 4.98 Å². The largest absolute Gasteiger partial charge is 0.276 e. The van der Waals surface area contributed by atoms with Crippen LogP contribution in [0.1, 0.15) is 19.5 Å². The number of piperidine rings is 1. The molecule has 1 saturated carbocycles. The summed E-state index contributed by atoms with van der Waals surface area (Å²) in [5.74, 6) is -0.478. The summed E-state index contributed by atoms with van der Waals surface area (Å²) in [4.78, 5) is 33.4. The van der Waals surface area contributed by atoms with E-state index in [1.807, 2.05) is 13.8 Å². The van der Waals surface area contributed by atoms with Gasteiger partial charge in [0, 0.05) is 0 Å². The molecule has 2 unspecified atom stereocenters. The number of hydrogen-bond donors (Lipinski definition) is 0. The number of aromatic nitrogens is 2. The lowest BCUT2D eigenvalue weighted by molar-refractivity contribution is -0.143. The number of likely N-dealkylation sites (tertiary alicyclic amines) is 1. The van der Waals surface area contributed by atoms with E-state index in [1.54, 1.807) is 0 Å². The van der Waals surface area contributed by atoms with Crippen molar-refractivity contribution < 1.29 is 9.59 Å². The monoisotopic (exact) mass is 265 g/mol. The maximum absolute atomic E-state index is 12.1. The Labute approximate surface area is 109 Å². The molecule has 0 aromatic carbocycles. The third kappa shape index (κ3) is 1.47. The van der Waals surface area contributed by atoms with E-state index in [4.69, 9.17) is 11.6 Å². The van der Waals surface area contributed by atoms with Crippen molar-refractivity contribution in [3.8, 4) is 0 Å². The summed E-state index contributed by atoms with van der Waals surface area (Å²) >= 11 is 5.63. The summed E-state index contributed by atoms with van der Waals surface area (Å²) in [5, 5.41) is 0.293. The Morgan fingerprint density at radius 3 is 2.33 bits per heavy atom. The number of halogens is 1. The number of imide groups is 1. The van der Waals surface area contributed by atoms with Gasteiger partial charge in [0.15, 0.2) is 0 Å². The van der Waals surface area contributed by atoms with Crippen molar-refractivity contribution in [1.29, 1.82) is 0 Å². The third-order valence-corrected chi connectivity index (χ3v) is 4.08. The Kier molecular flexibility index (Phi) is 2.26. The lowest BCUT2D eigenvalue weighted by Crippen LogP contribution is -2.35. The molecule has 0 spiro atoms. The minimum atomic E-state index is -0.170. The van der Waals surface area contributed by atoms with Crippen LogP contribution in [0.3, 0.4) is 0 Å². The minimum Gasteiger partial charge on any atom is -0.276 e. The maximum Gasteiger partial charge on any atom is 0.234 e. The number of hydrogen-bond acceptors (Lipinski definition) is 4. The first-order valence-electron chi connectivity index (χ1n) is 5.74. The molecular weight excluding hydrogens is 254 g/mol. The normalized spacial score (nSPS) is 28.5. The molecule has 3 rings (SSSR count). The maximum atomic E-state index is 12.1. The van der Waals surface area contributed by atoms with Gasteiger partial charge in [-0.3, -0.25) is 19.5 Å². The summed E-state index contributed by atoms with van der Waals surface area (Å²) in [7, 11) is 0.